The number of benzene rings is 1. The van der Waals surface area contributed by atoms with Crippen molar-refractivity contribution in [1.29, 1.82) is 5.26 Å². The van der Waals surface area contributed by atoms with E-state index in [0.29, 0.717) is 28.3 Å². The number of halogens is 1. The molecule has 0 radical (unpaired) electrons. The van der Waals surface area contributed by atoms with Gasteiger partial charge in [0.2, 0.25) is 5.89 Å². The van der Waals surface area contributed by atoms with Crippen molar-refractivity contribution < 1.29 is 8.91 Å². The van der Waals surface area contributed by atoms with Crippen LogP contribution in [0.25, 0.3) is 11.2 Å². The number of hydrogen-bond acceptors (Lipinski definition) is 8. The first kappa shape index (κ1) is 20.8. The highest BCUT2D eigenvalue weighted by molar-refractivity contribution is 5.68. The van der Waals surface area contributed by atoms with Gasteiger partial charge in [0.05, 0.1) is 23.6 Å². The summed E-state index contributed by atoms with van der Waals surface area (Å²) in [7, 11) is 1.75. The Hall–Kier alpha value is -4.07. The Labute approximate surface area is 187 Å². The summed E-state index contributed by atoms with van der Waals surface area (Å²) < 4.78 is 21.7. The van der Waals surface area contributed by atoms with Crippen molar-refractivity contribution in [3.63, 3.8) is 0 Å². The van der Waals surface area contributed by atoms with E-state index < -0.39 is 0 Å². The van der Waals surface area contributed by atoms with Gasteiger partial charge in [-0.15, -0.1) is 0 Å². The van der Waals surface area contributed by atoms with Gasteiger partial charge in [0.15, 0.2) is 17.5 Å². The Bertz CT molecular complexity index is 1370. The number of aromatic nitrogens is 6. The van der Waals surface area contributed by atoms with E-state index in [4.69, 9.17) is 9.78 Å². The number of hydrogen-bond donors (Lipinski definition) is 0. The third kappa shape index (κ3) is 4.07. The van der Waals surface area contributed by atoms with Gasteiger partial charge in [-0.05, 0) is 42.9 Å². The van der Waals surface area contributed by atoms with Crippen LogP contribution in [0.5, 0.6) is 0 Å². The highest BCUT2D eigenvalue weighted by Crippen LogP contribution is 2.41. The number of fused-ring (bicyclic) bond motifs is 3. The predicted molar refractivity (Wildman–Crippen MR) is 116 cm³/mol. The van der Waals surface area contributed by atoms with Gasteiger partial charge in [0.1, 0.15) is 18.7 Å². The van der Waals surface area contributed by atoms with E-state index in [1.807, 2.05) is 6.07 Å². The summed E-state index contributed by atoms with van der Waals surface area (Å²) in [6.45, 7) is 2.14. The minimum absolute atomic E-state index is 0.187. The maximum Gasteiger partial charge on any atom is 0.280 e. The molecule has 3 aliphatic rings. The first-order valence-corrected chi connectivity index (χ1v) is 10.6. The minimum Gasteiger partial charge on any atom is -0.369 e. The second-order valence-electron chi connectivity index (χ2n) is 8.43. The summed E-state index contributed by atoms with van der Waals surface area (Å²) in [6, 6.07) is 6.71. The second kappa shape index (κ2) is 8.46. The molecule has 5 heterocycles. The molecule has 4 aromatic rings. The van der Waals surface area contributed by atoms with Crippen molar-refractivity contribution in [2.24, 2.45) is 18.9 Å². The number of aryl methyl sites for hydroxylation is 1. The number of imidazole rings is 1. The van der Waals surface area contributed by atoms with Crippen LogP contribution in [-0.4, -0.2) is 42.3 Å². The lowest BCUT2D eigenvalue weighted by Gasteiger charge is -2.48. The van der Waals surface area contributed by atoms with Crippen LogP contribution >= 0.6 is 0 Å². The molecule has 1 aliphatic carbocycles. The maximum absolute atomic E-state index is 13.8. The predicted octanol–water partition coefficient (Wildman–Crippen LogP) is 2.10. The molecule has 2 saturated heterocycles. The molecule has 1 aromatic carbocycles. The SMILES string of the molecule is Cn1cnc2ncn(Cc3ncno3)c(=O)c21.N#Cc1ccc(N2CC3CC(C3)C2)c(F)c1. The molecule has 168 valence electrons. The van der Waals surface area contributed by atoms with Gasteiger partial charge >= 0.3 is 0 Å². The van der Waals surface area contributed by atoms with Gasteiger partial charge in [0.25, 0.3) is 5.56 Å². The number of rotatable bonds is 3. The third-order valence-corrected chi connectivity index (χ3v) is 6.12. The molecule has 3 fully saturated rings. The average molecular weight is 448 g/mol. The summed E-state index contributed by atoms with van der Waals surface area (Å²) in [5.41, 5.74) is 1.75. The molecule has 1 saturated carbocycles. The smallest absolute Gasteiger partial charge is 0.280 e. The Kier molecular flexibility index (Phi) is 5.34. The molecule has 10 nitrogen and oxygen atoms in total. The molecule has 33 heavy (non-hydrogen) atoms. The molecule has 2 aliphatic heterocycles. The number of anilines is 1. The molecule has 0 amide bonds. The molecule has 11 heteroatoms. The van der Waals surface area contributed by atoms with Crippen molar-refractivity contribution in [2.45, 2.75) is 19.4 Å². The molecule has 0 spiro atoms. The Balaban J connectivity index is 0.000000139. The Morgan fingerprint density at radius 3 is 2.61 bits per heavy atom. The van der Waals surface area contributed by atoms with E-state index in [1.165, 1.54) is 36.1 Å². The molecule has 0 N–H and O–H groups in total. The minimum atomic E-state index is -0.264. The summed E-state index contributed by atoms with van der Waals surface area (Å²) in [4.78, 5) is 26.2. The van der Waals surface area contributed by atoms with Crippen molar-refractivity contribution >= 4 is 16.9 Å². The first-order chi connectivity index (χ1) is 16.0. The van der Waals surface area contributed by atoms with Gasteiger partial charge in [-0.25, -0.2) is 14.4 Å². The lowest BCUT2D eigenvalue weighted by molar-refractivity contribution is 0.158. The number of nitrogens with zero attached hydrogens (tertiary/aromatic N) is 8. The molecular formula is C22H21FN8O2. The zero-order valence-electron chi connectivity index (χ0n) is 17.9. The van der Waals surface area contributed by atoms with Crippen LogP contribution in [0, 0.1) is 29.0 Å². The van der Waals surface area contributed by atoms with Gasteiger partial charge < -0.3 is 14.0 Å². The van der Waals surface area contributed by atoms with E-state index in [9.17, 15) is 9.18 Å². The van der Waals surface area contributed by atoms with E-state index in [2.05, 4.69) is 25.0 Å². The highest BCUT2D eigenvalue weighted by atomic mass is 19.1. The Morgan fingerprint density at radius 2 is 1.94 bits per heavy atom. The first-order valence-electron chi connectivity index (χ1n) is 10.6. The topological polar surface area (TPSA) is 119 Å². The van der Waals surface area contributed by atoms with Gasteiger partial charge in [-0.1, -0.05) is 5.16 Å². The van der Waals surface area contributed by atoms with E-state index in [0.717, 1.165) is 24.9 Å². The second-order valence-corrected chi connectivity index (χ2v) is 8.43. The molecular weight excluding hydrogens is 427 g/mol. The van der Waals surface area contributed by atoms with Crippen LogP contribution in [0.4, 0.5) is 10.1 Å². The van der Waals surface area contributed by atoms with E-state index >= 15 is 0 Å². The summed E-state index contributed by atoms with van der Waals surface area (Å²) in [5, 5.41) is 12.2. The van der Waals surface area contributed by atoms with Gasteiger partial charge in [0, 0.05) is 20.1 Å². The zero-order chi connectivity index (χ0) is 22.9. The van der Waals surface area contributed by atoms with Gasteiger partial charge in [-0.3, -0.25) is 9.36 Å². The van der Waals surface area contributed by atoms with Crippen LogP contribution < -0.4 is 10.5 Å². The van der Waals surface area contributed by atoms with Crippen LogP contribution in [0.2, 0.25) is 0 Å². The lowest BCUT2D eigenvalue weighted by atomic mass is 9.71. The zero-order valence-corrected chi connectivity index (χ0v) is 17.9. The molecule has 2 bridgehead atoms. The van der Waals surface area contributed by atoms with Gasteiger partial charge in [-0.2, -0.15) is 10.2 Å². The molecule has 7 rings (SSSR count). The fourth-order valence-corrected chi connectivity index (χ4v) is 4.50. The Morgan fingerprint density at radius 1 is 1.18 bits per heavy atom. The van der Waals surface area contributed by atoms with Crippen molar-refractivity contribution in [2.75, 3.05) is 18.0 Å². The summed E-state index contributed by atoms with van der Waals surface area (Å²) in [5.74, 6) is 1.61. The van der Waals surface area contributed by atoms with Crippen LogP contribution in [0.15, 0.2) is 46.5 Å². The average Bonchev–Trinajstić information content (AvgIpc) is 3.45. The quantitative estimate of drug-likeness (QED) is 0.468. The molecule has 3 aromatic heterocycles. The molecule has 0 unspecified atom stereocenters. The van der Waals surface area contributed by atoms with Crippen molar-refractivity contribution in [1.82, 2.24) is 29.2 Å². The largest absolute Gasteiger partial charge is 0.369 e. The summed E-state index contributed by atoms with van der Waals surface area (Å²) in [6.07, 6.45) is 6.89. The highest BCUT2D eigenvalue weighted by Gasteiger charge is 2.37. The van der Waals surface area contributed by atoms with Crippen molar-refractivity contribution in [3.8, 4) is 6.07 Å². The van der Waals surface area contributed by atoms with Crippen LogP contribution in [0.3, 0.4) is 0 Å². The maximum atomic E-state index is 13.8. The third-order valence-electron chi connectivity index (χ3n) is 6.12. The summed E-state index contributed by atoms with van der Waals surface area (Å²) >= 11 is 0. The van der Waals surface area contributed by atoms with Crippen LogP contribution in [-0.2, 0) is 13.6 Å². The normalized spacial score (nSPS) is 18.9. The molecule has 0 atom stereocenters. The monoisotopic (exact) mass is 448 g/mol. The number of nitriles is 1. The lowest BCUT2D eigenvalue weighted by Crippen LogP contribution is -2.48. The number of piperidine rings is 2. The fraction of sp³-hybridized carbons (Fsp3) is 0.364. The standard InChI is InChI=1S/C13H13FN2.C9H8N6O2/c14-12-5-9(6-15)1-2-13(12)16-7-10-3-11(4-10)8-16;1-14-4-11-8-7(14)9(16)15(5-12-8)2-6-10-3-13-17-6/h1-2,5,10-11H,3-4,7-8H2;3-5H,2H2,1H3. The van der Waals surface area contributed by atoms with Crippen LogP contribution in [0.1, 0.15) is 24.3 Å². The fourth-order valence-electron chi connectivity index (χ4n) is 4.50. The van der Waals surface area contributed by atoms with Crippen molar-refractivity contribution in [3.05, 3.63) is 64.8 Å². The van der Waals surface area contributed by atoms with E-state index in [1.54, 1.807) is 30.1 Å². The van der Waals surface area contributed by atoms with E-state index in [-0.39, 0.29) is 17.9 Å².